The highest BCUT2D eigenvalue weighted by Crippen LogP contribution is 2.49. The van der Waals surface area contributed by atoms with Crippen molar-refractivity contribution in [2.75, 3.05) is 31.3 Å². The Kier molecular flexibility index (Phi) is 7.25. The minimum absolute atomic E-state index is 0.0537. The maximum absolute atomic E-state index is 14.6. The SMILES string of the molecule is CSNCC1(c2ccc(N(C)CCCC(C=O)NC=O)cc2F)CC1. The van der Waals surface area contributed by atoms with Crippen LogP contribution in [0, 0.1) is 5.82 Å². The van der Waals surface area contributed by atoms with Crippen molar-refractivity contribution < 1.29 is 14.0 Å². The molecule has 0 spiro atoms. The summed E-state index contributed by atoms with van der Waals surface area (Å²) in [6.45, 7) is 1.47. The molecule has 5 nitrogen and oxygen atoms in total. The van der Waals surface area contributed by atoms with Crippen molar-refractivity contribution in [1.82, 2.24) is 10.0 Å². The lowest BCUT2D eigenvalue weighted by molar-refractivity contribution is -0.115. The van der Waals surface area contributed by atoms with Gasteiger partial charge in [-0.2, -0.15) is 0 Å². The predicted molar refractivity (Wildman–Crippen MR) is 100 cm³/mol. The number of rotatable bonds is 12. The predicted octanol–water partition coefficient (Wildman–Crippen LogP) is 2.25. The van der Waals surface area contributed by atoms with E-state index >= 15 is 0 Å². The number of carbonyl (C=O) groups is 2. The Labute approximate surface area is 152 Å². The van der Waals surface area contributed by atoms with Crippen molar-refractivity contribution in [3.63, 3.8) is 0 Å². The molecular weight excluding hydrogens is 341 g/mol. The molecule has 25 heavy (non-hydrogen) atoms. The largest absolute Gasteiger partial charge is 0.375 e. The number of amides is 1. The van der Waals surface area contributed by atoms with E-state index < -0.39 is 6.04 Å². The molecule has 1 aromatic rings. The van der Waals surface area contributed by atoms with Gasteiger partial charge in [-0.25, -0.2) is 4.39 Å². The van der Waals surface area contributed by atoms with Crippen molar-refractivity contribution in [3.05, 3.63) is 29.6 Å². The summed E-state index contributed by atoms with van der Waals surface area (Å²) in [5.41, 5.74) is 1.56. The molecule has 7 heteroatoms. The summed E-state index contributed by atoms with van der Waals surface area (Å²) in [4.78, 5) is 23.2. The van der Waals surface area contributed by atoms with Crippen molar-refractivity contribution >= 4 is 30.3 Å². The average Bonchev–Trinajstić information content (AvgIpc) is 3.39. The Morgan fingerprint density at radius 1 is 1.40 bits per heavy atom. The van der Waals surface area contributed by atoms with Crippen LogP contribution < -0.4 is 14.9 Å². The lowest BCUT2D eigenvalue weighted by atomic mass is 9.95. The lowest BCUT2D eigenvalue weighted by Crippen LogP contribution is -2.30. The van der Waals surface area contributed by atoms with Gasteiger partial charge in [0.2, 0.25) is 6.41 Å². The van der Waals surface area contributed by atoms with Crippen LogP contribution in [0.15, 0.2) is 18.2 Å². The fourth-order valence-corrected chi connectivity index (χ4v) is 3.45. The molecule has 0 radical (unpaired) electrons. The maximum Gasteiger partial charge on any atom is 0.207 e. The van der Waals surface area contributed by atoms with E-state index in [0.717, 1.165) is 43.3 Å². The smallest absolute Gasteiger partial charge is 0.207 e. The first-order chi connectivity index (χ1) is 12.1. The van der Waals surface area contributed by atoms with Crippen LogP contribution in [0.3, 0.4) is 0 Å². The molecule has 1 amide bonds. The van der Waals surface area contributed by atoms with Gasteiger partial charge < -0.3 is 15.0 Å². The van der Waals surface area contributed by atoms with Crippen LogP contribution in [0.5, 0.6) is 0 Å². The molecule has 1 aliphatic carbocycles. The van der Waals surface area contributed by atoms with Gasteiger partial charge in [0.05, 0.1) is 6.04 Å². The number of halogens is 1. The number of benzene rings is 1. The third-order valence-electron chi connectivity index (χ3n) is 4.83. The second kappa shape index (κ2) is 9.20. The molecule has 0 aliphatic heterocycles. The normalized spacial score (nSPS) is 16.1. The van der Waals surface area contributed by atoms with Crippen LogP contribution >= 0.6 is 11.9 Å². The summed E-state index contributed by atoms with van der Waals surface area (Å²) < 4.78 is 17.9. The van der Waals surface area contributed by atoms with E-state index in [1.54, 1.807) is 18.0 Å². The summed E-state index contributed by atoms with van der Waals surface area (Å²) in [6.07, 6.45) is 6.58. The fourth-order valence-electron chi connectivity index (χ4n) is 3.03. The number of hydrogen-bond acceptors (Lipinski definition) is 5. The first kappa shape index (κ1) is 19.7. The van der Waals surface area contributed by atoms with Gasteiger partial charge in [-0.15, -0.1) is 0 Å². The molecule has 1 aromatic carbocycles. The average molecular weight is 367 g/mol. The van der Waals surface area contributed by atoms with Crippen molar-refractivity contribution in [1.29, 1.82) is 0 Å². The number of nitrogens with zero attached hydrogens (tertiary/aromatic N) is 1. The van der Waals surface area contributed by atoms with Gasteiger partial charge in [0.1, 0.15) is 12.1 Å². The third kappa shape index (κ3) is 5.19. The Balaban J connectivity index is 1.93. The van der Waals surface area contributed by atoms with Crippen molar-refractivity contribution in [2.24, 2.45) is 0 Å². The molecule has 1 fully saturated rings. The molecule has 138 valence electrons. The Morgan fingerprint density at radius 2 is 2.16 bits per heavy atom. The molecule has 1 saturated carbocycles. The molecule has 1 unspecified atom stereocenters. The first-order valence-electron chi connectivity index (χ1n) is 8.48. The monoisotopic (exact) mass is 367 g/mol. The Bertz CT molecular complexity index is 596. The highest BCUT2D eigenvalue weighted by molar-refractivity contribution is 7.96. The molecule has 1 aliphatic rings. The molecule has 2 rings (SSSR count). The van der Waals surface area contributed by atoms with Gasteiger partial charge in [0, 0.05) is 31.2 Å². The Morgan fingerprint density at radius 3 is 2.72 bits per heavy atom. The van der Waals surface area contributed by atoms with Crippen molar-refractivity contribution in [3.8, 4) is 0 Å². The summed E-state index contributed by atoms with van der Waals surface area (Å²) >= 11 is 1.56. The quantitative estimate of drug-likeness (QED) is 0.438. The van der Waals surface area contributed by atoms with Crippen LogP contribution in [-0.2, 0) is 15.0 Å². The number of nitrogens with one attached hydrogen (secondary N) is 2. The van der Waals surface area contributed by atoms with E-state index in [-0.39, 0.29) is 11.2 Å². The van der Waals surface area contributed by atoms with Gasteiger partial charge in [0.15, 0.2) is 0 Å². The van der Waals surface area contributed by atoms with E-state index in [1.165, 1.54) is 0 Å². The highest BCUT2D eigenvalue weighted by Gasteiger charge is 2.45. The molecule has 0 aromatic heterocycles. The second-order valence-electron chi connectivity index (χ2n) is 6.56. The van der Waals surface area contributed by atoms with Crippen LogP contribution in [0.25, 0.3) is 0 Å². The Hall–Kier alpha value is -1.60. The highest BCUT2D eigenvalue weighted by atomic mass is 32.2. The standard InChI is InChI=1S/C18H26FN3O2S/c1-22(9-3-4-14(11-23)20-13-24)15-5-6-16(17(19)10-15)18(7-8-18)12-21-25-2/h5-6,10-11,13-14,21H,3-4,7-9,12H2,1-2H3,(H,20,24). The summed E-state index contributed by atoms with van der Waals surface area (Å²) in [7, 11) is 1.90. The summed E-state index contributed by atoms with van der Waals surface area (Å²) in [5.74, 6) is -0.154. The minimum Gasteiger partial charge on any atom is -0.375 e. The number of carbonyl (C=O) groups excluding carboxylic acids is 2. The zero-order valence-corrected chi connectivity index (χ0v) is 15.6. The molecule has 2 N–H and O–H groups in total. The van der Waals surface area contributed by atoms with E-state index in [2.05, 4.69) is 10.0 Å². The molecule has 0 saturated heterocycles. The van der Waals surface area contributed by atoms with Crippen molar-refractivity contribution in [2.45, 2.75) is 37.1 Å². The third-order valence-corrected chi connectivity index (χ3v) is 5.26. The lowest BCUT2D eigenvalue weighted by Gasteiger charge is -2.22. The van der Waals surface area contributed by atoms with E-state index in [0.29, 0.717) is 19.4 Å². The van der Waals surface area contributed by atoms with Gasteiger partial charge in [-0.3, -0.25) is 9.52 Å². The number of hydrogen-bond donors (Lipinski definition) is 2. The van der Waals surface area contributed by atoms with Crippen LogP contribution in [0.2, 0.25) is 0 Å². The molecule has 0 bridgehead atoms. The summed E-state index contributed by atoms with van der Waals surface area (Å²) in [6, 6.07) is 5.00. The molecule has 0 heterocycles. The maximum atomic E-state index is 14.6. The molecular formula is C18H26FN3O2S. The van der Waals surface area contributed by atoms with E-state index in [4.69, 9.17) is 0 Å². The van der Waals surface area contributed by atoms with Gasteiger partial charge in [-0.05, 0) is 49.6 Å². The number of anilines is 1. The van der Waals surface area contributed by atoms with Crippen LogP contribution in [0.1, 0.15) is 31.2 Å². The molecule has 1 atom stereocenters. The van der Waals surface area contributed by atoms with Gasteiger partial charge in [-0.1, -0.05) is 18.0 Å². The second-order valence-corrected chi connectivity index (χ2v) is 7.26. The fraction of sp³-hybridized carbons (Fsp3) is 0.556. The van der Waals surface area contributed by atoms with E-state index in [9.17, 15) is 14.0 Å². The number of aldehydes is 1. The van der Waals surface area contributed by atoms with Gasteiger partial charge in [0.25, 0.3) is 0 Å². The van der Waals surface area contributed by atoms with E-state index in [1.807, 2.05) is 30.3 Å². The topological polar surface area (TPSA) is 61.4 Å². The zero-order chi connectivity index (χ0) is 18.3. The van der Waals surface area contributed by atoms with Crippen LogP contribution in [0.4, 0.5) is 10.1 Å². The van der Waals surface area contributed by atoms with Gasteiger partial charge >= 0.3 is 0 Å². The minimum atomic E-state index is -0.455. The summed E-state index contributed by atoms with van der Waals surface area (Å²) in [5, 5.41) is 2.47. The van der Waals surface area contributed by atoms with Crippen LogP contribution in [-0.4, -0.2) is 45.1 Å². The zero-order valence-electron chi connectivity index (χ0n) is 14.8. The first-order valence-corrected chi connectivity index (χ1v) is 9.71.